The van der Waals surface area contributed by atoms with Gasteiger partial charge in [0.2, 0.25) is 0 Å². The number of hydrogen-bond donors (Lipinski definition) is 2. The van der Waals surface area contributed by atoms with Crippen molar-refractivity contribution in [2.24, 2.45) is 5.92 Å². The predicted molar refractivity (Wildman–Crippen MR) is 68.2 cm³/mol. The van der Waals surface area contributed by atoms with Gasteiger partial charge < -0.3 is 10.6 Å². The number of carbonyl (C=O) groups excluding carboxylic acids is 1. The Labute approximate surface area is 105 Å². The van der Waals surface area contributed by atoms with Crippen molar-refractivity contribution in [1.82, 2.24) is 20.6 Å². The summed E-state index contributed by atoms with van der Waals surface area (Å²) in [6, 6.07) is 7.53. The van der Waals surface area contributed by atoms with Gasteiger partial charge in [-0.1, -0.05) is 12.1 Å². The topological polar surface area (TPSA) is 66.9 Å². The van der Waals surface area contributed by atoms with E-state index in [1.807, 2.05) is 24.3 Å². The van der Waals surface area contributed by atoms with Crippen molar-refractivity contribution in [3.05, 3.63) is 36.2 Å². The van der Waals surface area contributed by atoms with Gasteiger partial charge in [-0.2, -0.15) is 0 Å². The van der Waals surface area contributed by atoms with Gasteiger partial charge in [-0.3, -0.25) is 9.78 Å². The van der Waals surface area contributed by atoms with Crippen LogP contribution in [0.25, 0.3) is 11.0 Å². The number of nitrogens with zero attached hydrogens (tertiary/aromatic N) is 2. The number of amides is 1. The number of aromatic nitrogens is 2. The van der Waals surface area contributed by atoms with E-state index in [9.17, 15) is 4.79 Å². The molecule has 5 nitrogen and oxygen atoms in total. The number of nitrogens with one attached hydrogen (secondary N) is 2. The quantitative estimate of drug-likeness (QED) is 0.826. The van der Waals surface area contributed by atoms with Gasteiger partial charge >= 0.3 is 0 Å². The summed E-state index contributed by atoms with van der Waals surface area (Å²) in [6.07, 6.45) is 1.52. The molecule has 2 N–H and O–H groups in total. The van der Waals surface area contributed by atoms with Crippen LogP contribution in [0.4, 0.5) is 0 Å². The largest absolute Gasteiger partial charge is 0.350 e. The van der Waals surface area contributed by atoms with Crippen molar-refractivity contribution in [1.29, 1.82) is 0 Å². The van der Waals surface area contributed by atoms with Crippen LogP contribution in [0.2, 0.25) is 0 Å². The Kier molecular flexibility index (Phi) is 2.90. The van der Waals surface area contributed by atoms with E-state index in [2.05, 4.69) is 20.6 Å². The van der Waals surface area contributed by atoms with Gasteiger partial charge in [0, 0.05) is 25.6 Å². The minimum atomic E-state index is -0.153. The summed E-state index contributed by atoms with van der Waals surface area (Å²) < 4.78 is 0. The highest BCUT2D eigenvalue weighted by atomic mass is 16.1. The van der Waals surface area contributed by atoms with E-state index in [-0.39, 0.29) is 5.91 Å². The molecule has 1 aliphatic rings. The molecule has 5 heteroatoms. The highest BCUT2D eigenvalue weighted by molar-refractivity contribution is 5.93. The molecule has 1 aromatic heterocycles. The first-order valence-electron chi connectivity index (χ1n) is 6.03. The molecule has 0 atom stereocenters. The van der Waals surface area contributed by atoms with Crippen LogP contribution in [0.15, 0.2) is 30.5 Å². The van der Waals surface area contributed by atoms with Crippen molar-refractivity contribution in [3.63, 3.8) is 0 Å². The Morgan fingerprint density at radius 2 is 2.11 bits per heavy atom. The molecule has 18 heavy (non-hydrogen) atoms. The smallest absolute Gasteiger partial charge is 0.271 e. The molecule has 0 saturated carbocycles. The Hall–Kier alpha value is -2.01. The summed E-state index contributed by atoms with van der Waals surface area (Å²) in [5.74, 6) is 0.391. The summed E-state index contributed by atoms with van der Waals surface area (Å²) in [5.41, 5.74) is 1.92. The molecule has 0 spiro atoms. The number of carbonyl (C=O) groups is 1. The molecule has 0 bridgehead atoms. The van der Waals surface area contributed by atoms with E-state index < -0.39 is 0 Å². The lowest BCUT2D eigenvalue weighted by Gasteiger charge is -2.26. The third-order valence-corrected chi connectivity index (χ3v) is 3.10. The summed E-state index contributed by atoms with van der Waals surface area (Å²) >= 11 is 0. The lowest BCUT2D eigenvalue weighted by molar-refractivity contribution is 0.0937. The number of rotatable bonds is 3. The molecule has 1 aromatic carbocycles. The maximum atomic E-state index is 11.9. The van der Waals surface area contributed by atoms with Gasteiger partial charge in [-0.25, -0.2) is 4.98 Å². The molecule has 3 rings (SSSR count). The molecule has 2 heterocycles. The van der Waals surface area contributed by atoms with Crippen LogP contribution in [0.5, 0.6) is 0 Å². The zero-order chi connectivity index (χ0) is 12.4. The van der Waals surface area contributed by atoms with Gasteiger partial charge in [-0.15, -0.1) is 0 Å². The monoisotopic (exact) mass is 242 g/mol. The normalized spacial score (nSPS) is 15.3. The Bertz CT molecular complexity index is 580. The van der Waals surface area contributed by atoms with Crippen LogP contribution in [0.3, 0.4) is 0 Å². The first-order valence-corrected chi connectivity index (χ1v) is 6.03. The van der Waals surface area contributed by atoms with Gasteiger partial charge in [-0.05, 0) is 12.1 Å². The number of fused-ring (bicyclic) bond motifs is 1. The molecule has 0 unspecified atom stereocenters. The molecule has 2 aromatic rings. The molecule has 92 valence electrons. The minimum Gasteiger partial charge on any atom is -0.350 e. The summed E-state index contributed by atoms with van der Waals surface area (Å²) in [7, 11) is 0. The lowest BCUT2D eigenvalue weighted by Crippen LogP contribution is -2.48. The van der Waals surface area contributed by atoms with E-state index in [1.54, 1.807) is 0 Å². The van der Waals surface area contributed by atoms with Crippen molar-refractivity contribution >= 4 is 16.9 Å². The summed E-state index contributed by atoms with van der Waals surface area (Å²) in [4.78, 5) is 20.4. The molecule has 0 aliphatic carbocycles. The van der Waals surface area contributed by atoms with Crippen molar-refractivity contribution in [2.45, 2.75) is 0 Å². The van der Waals surface area contributed by atoms with Crippen molar-refractivity contribution in [3.8, 4) is 0 Å². The average molecular weight is 242 g/mol. The zero-order valence-electron chi connectivity index (χ0n) is 9.89. The van der Waals surface area contributed by atoms with Gasteiger partial charge in [0.25, 0.3) is 5.91 Å². The third kappa shape index (κ3) is 2.17. The van der Waals surface area contributed by atoms with E-state index in [4.69, 9.17) is 0 Å². The number of benzene rings is 1. The molecule has 1 saturated heterocycles. The van der Waals surface area contributed by atoms with Crippen molar-refractivity contribution in [2.75, 3.05) is 19.6 Å². The molecule has 1 fully saturated rings. The molecular weight excluding hydrogens is 228 g/mol. The maximum Gasteiger partial charge on any atom is 0.271 e. The zero-order valence-corrected chi connectivity index (χ0v) is 9.89. The second kappa shape index (κ2) is 4.70. The second-order valence-electron chi connectivity index (χ2n) is 4.48. The van der Waals surface area contributed by atoms with Gasteiger partial charge in [0.1, 0.15) is 5.69 Å². The van der Waals surface area contributed by atoms with Crippen LogP contribution in [0, 0.1) is 5.92 Å². The standard InChI is InChI=1S/C13H14N4O/c18-13(16-7-9-5-14-6-9)12-8-15-10-3-1-2-4-11(10)17-12/h1-4,8-9,14H,5-7H2,(H,16,18). The summed E-state index contributed by atoms with van der Waals surface area (Å²) in [6.45, 7) is 2.65. The predicted octanol–water partition coefficient (Wildman–Crippen LogP) is 0.579. The van der Waals surface area contributed by atoms with E-state index >= 15 is 0 Å². The average Bonchev–Trinajstić information content (AvgIpc) is 2.36. The van der Waals surface area contributed by atoms with Crippen LogP contribution in [0.1, 0.15) is 10.5 Å². The van der Waals surface area contributed by atoms with E-state index in [1.165, 1.54) is 6.20 Å². The van der Waals surface area contributed by atoms with Crippen LogP contribution in [-0.4, -0.2) is 35.5 Å². The fraction of sp³-hybridized carbons (Fsp3) is 0.308. The Morgan fingerprint density at radius 3 is 2.83 bits per heavy atom. The van der Waals surface area contributed by atoms with Gasteiger partial charge in [0.05, 0.1) is 17.2 Å². The molecule has 0 radical (unpaired) electrons. The van der Waals surface area contributed by atoms with E-state index in [0.717, 1.165) is 24.1 Å². The number of hydrogen-bond acceptors (Lipinski definition) is 4. The Balaban J connectivity index is 1.74. The first kappa shape index (κ1) is 11.1. The van der Waals surface area contributed by atoms with Crippen LogP contribution in [-0.2, 0) is 0 Å². The minimum absolute atomic E-state index is 0.153. The van der Waals surface area contributed by atoms with Gasteiger partial charge in [0.15, 0.2) is 0 Å². The highest BCUT2D eigenvalue weighted by Gasteiger charge is 2.18. The summed E-state index contributed by atoms with van der Waals surface area (Å²) in [5, 5.41) is 6.05. The van der Waals surface area contributed by atoms with Crippen molar-refractivity contribution < 1.29 is 4.79 Å². The second-order valence-corrected chi connectivity index (χ2v) is 4.48. The Morgan fingerprint density at radius 1 is 1.33 bits per heavy atom. The fourth-order valence-corrected chi connectivity index (χ4v) is 1.89. The number of para-hydroxylation sites is 2. The highest BCUT2D eigenvalue weighted by Crippen LogP contribution is 2.08. The lowest BCUT2D eigenvalue weighted by atomic mass is 10.0. The molecular formula is C13H14N4O. The van der Waals surface area contributed by atoms with Crippen LogP contribution < -0.4 is 10.6 Å². The molecule has 1 amide bonds. The maximum absolute atomic E-state index is 11.9. The first-order chi connectivity index (χ1) is 8.83. The SMILES string of the molecule is O=C(NCC1CNC1)c1cnc2ccccc2n1. The molecule has 1 aliphatic heterocycles. The fourth-order valence-electron chi connectivity index (χ4n) is 1.89. The third-order valence-electron chi connectivity index (χ3n) is 3.10. The van der Waals surface area contributed by atoms with Crippen LogP contribution >= 0.6 is 0 Å². The van der Waals surface area contributed by atoms with E-state index in [0.29, 0.717) is 18.2 Å².